The van der Waals surface area contributed by atoms with Gasteiger partial charge in [0.2, 0.25) is 0 Å². The Kier molecular flexibility index (Phi) is 19.7. The summed E-state index contributed by atoms with van der Waals surface area (Å²) in [5.41, 5.74) is 10.8. The van der Waals surface area contributed by atoms with Crippen molar-refractivity contribution in [3.63, 3.8) is 0 Å². The first-order valence-electron chi connectivity index (χ1n) is 21.1. The van der Waals surface area contributed by atoms with E-state index < -0.39 is 40.7 Å². The molecule has 0 fully saturated rings. The lowest BCUT2D eigenvalue weighted by molar-refractivity contribution is -0.153. The number of amides is 1. The largest absolute Gasteiger partial charge is 0.481 e. The average molecular weight is 891 g/mol. The van der Waals surface area contributed by atoms with Gasteiger partial charge in [-0.05, 0) is 86.8 Å². The summed E-state index contributed by atoms with van der Waals surface area (Å²) in [6.45, 7) is 8.17. The minimum atomic E-state index is -1.15. The second kappa shape index (κ2) is 25.3. The number of nitrogens with one attached hydrogen (secondary N) is 3. The molecule has 2 heterocycles. The molecule has 6 rings (SSSR count). The van der Waals surface area contributed by atoms with Gasteiger partial charge in [-0.25, -0.2) is 4.79 Å². The lowest BCUT2D eigenvalue weighted by Crippen LogP contribution is -2.44. The predicted molar refractivity (Wildman–Crippen MR) is 244 cm³/mol. The number of carbonyl (C=O) groups is 4. The molecule has 17 nitrogen and oxygen atoms in total. The van der Waals surface area contributed by atoms with Crippen molar-refractivity contribution in [3.05, 3.63) is 144 Å². The number of benzene rings is 4. The number of ether oxygens (including phenoxy) is 2. The Morgan fingerprint density at radius 3 is 1.42 bits per heavy atom. The number of carboxylic acids is 3. The molecule has 4 atom stereocenters. The standard InChI is InChI=1S/C24H28N4O4.C21H27NO3.C3H3N3O2/c1-3-32-16-24(2,23(30)31)14-20(26-22(29)21-15-25-28-27-21)13-17-9-11-19(12-10-17)18-7-5-4-6-8-18;1-3-25-15-21(2,20(23)24)14-19(22)13-16-9-11-18(12-10-16)17-7-5-4-6-8-17;7-3(8)2-1-4-6-5-2/h4-12,15,20H,3,13-14,16H2,1-2H3,(H,26,29)(H,30,31)(H,25,27,28);4-12,19H,3,13-15,22H2,1-2H3,(H,23,24);1H,(H,7,8)(H,4,5,6)/t20-,24+;19-,21+;/m11./s1. The second-order valence-electron chi connectivity index (χ2n) is 15.9. The number of H-pyrrole nitrogens is 2. The van der Waals surface area contributed by atoms with Gasteiger partial charge in [0.1, 0.15) is 0 Å². The Morgan fingerprint density at radius 2 is 1.03 bits per heavy atom. The van der Waals surface area contributed by atoms with E-state index in [1.54, 1.807) is 13.8 Å². The van der Waals surface area contributed by atoms with Crippen LogP contribution >= 0.6 is 0 Å². The van der Waals surface area contributed by atoms with Crippen molar-refractivity contribution in [2.24, 2.45) is 16.6 Å². The molecule has 17 heteroatoms. The average Bonchev–Trinajstić information content (AvgIpc) is 4.06. The first-order valence-corrected chi connectivity index (χ1v) is 21.1. The number of aliphatic carboxylic acids is 2. The molecule has 2 aromatic heterocycles. The van der Waals surface area contributed by atoms with Gasteiger partial charge in [-0.3, -0.25) is 14.4 Å². The van der Waals surface area contributed by atoms with Crippen LogP contribution < -0.4 is 11.1 Å². The Hall–Kier alpha value is -7.08. The number of nitrogens with two attached hydrogens (primary N) is 1. The van der Waals surface area contributed by atoms with Crippen molar-refractivity contribution in [1.82, 2.24) is 36.1 Å². The molecular formula is C48H58N8O9. The summed E-state index contributed by atoms with van der Waals surface area (Å²) < 4.78 is 10.8. The van der Waals surface area contributed by atoms with Crippen molar-refractivity contribution in [2.75, 3.05) is 26.4 Å². The van der Waals surface area contributed by atoms with Crippen LogP contribution in [0.1, 0.15) is 72.6 Å². The van der Waals surface area contributed by atoms with Crippen molar-refractivity contribution < 1.29 is 44.0 Å². The quantitative estimate of drug-likeness (QED) is 0.0403. The molecular weight excluding hydrogens is 833 g/mol. The molecule has 344 valence electrons. The van der Waals surface area contributed by atoms with Crippen LogP contribution in [-0.2, 0) is 31.9 Å². The van der Waals surface area contributed by atoms with Crippen molar-refractivity contribution in [1.29, 1.82) is 0 Å². The van der Waals surface area contributed by atoms with Crippen molar-refractivity contribution >= 4 is 23.8 Å². The van der Waals surface area contributed by atoms with Gasteiger partial charge in [0, 0.05) is 25.3 Å². The van der Waals surface area contributed by atoms with E-state index in [2.05, 4.69) is 72.5 Å². The number of aromatic carboxylic acids is 1. The second-order valence-corrected chi connectivity index (χ2v) is 15.9. The fraction of sp³-hybridized carbons (Fsp3) is 0.333. The predicted octanol–water partition coefficient (Wildman–Crippen LogP) is 6.57. The summed E-state index contributed by atoms with van der Waals surface area (Å²) in [6.07, 6.45) is 4.16. The number of carboxylic acid groups (broad SMARTS) is 3. The van der Waals surface area contributed by atoms with Crippen LogP contribution in [0.15, 0.2) is 122 Å². The topological polar surface area (TPSA) is 269 Å². The summed E-state index contributed by atoms with van der Waals surface area (Å²) in [4.78, 5) is 46.1. The molecule has 6 aromatic rings. The van der Waals surface area contributed by atoms with Crippen molar-refractivity contribution in [3.8, 4) is 22.3 Å². The molecule has 1 amide bonds. The maximum Gasteiger partial charge on any atom is 0.358 e. The molecule has 0 unspecified atom stereocenters. The van der Waals surface area contributed by atoms with Crippen LogP contribution in [0.5, 0.6) is 0 Å². The number of aromatic amines is 2. The lowest BCUT2D eigenvalue weighted by atomic mass is 9.82. The van der Waals surface area contributed by atoms with Gasteiger partial charge in [-0.15, -0.1) is 5.10 Å². The number of hydrogen-bond donors (Lipinski definition) is 7. The van der Waals surface area contributed by atoms with Gasteiger partial charge in [0.15, 0.2) is 11.4 Å². The molecule has 65 heavy (non-hydrogen) atoms. The SMILES string of the molecule is CCOC[C@](C)(C[C@@H](Cc1ccc(-c2ccccc2)cc1)NC(=O)c1cn[nH]n1)C(=O)O.CCOC[C@](C)(C[C@H](N)Cc1ccc(-c2ccccc2)cc1)C(=O)O.O=C(O)c1cn[nH]n1. The molecule has 0 saturated carbocycles. The minimum Gasteiger partial charge on any atom is -0.481 e. The Labute approximate surface area is 377 Å². The smallest absolute Gasteiger partial charge is 0.358 e. The Bertz CT molecular complexity index is 2330. The molecule has 0 radical (unpaired) electrons. The molecule has 0 aliphatic heterocycles. The molecule has 0 saturated heterocycles. The van der Waals surface area contributed by atoms with Crippen molar-refractivity contribution in [2.45, 2.75) is 65.5 Å². The first kappa shape index (κ1) is 50.6. The van der Waals surface area contributed by atoms with E-state index in [1.165, 1.54) is 11.8 Å². The summed E-state index contributed by atoms with van der Waals surface area (Å²) in [5, 5.41) is 49.0. The highest BCUT2D eigenvalue weighted by atomic mass is 16.5. The Balaban J connectivity index is 0.000000248. The van der Waals surface area contributed by atoms with Gasteiger partial charge in [0.25, 0.3) is 5.91 Å². The summed E-state index contributed by atoms with van der Waals surface area (Å²) in [7, 11) is 0. The third-order valence-electron chi connectivity index (χ3n) is 10.4. The fourth-order valence-electron chi connectivity index (χ4n) is 6.83. The van der Waals surface area contributed by atoms with Crippen LogP contribution in [0.2, 0.25) is 0 Å². The molecule has 8 N–H and O–H groups in total. The maximum atomic E-state index is 12.6. The van der Waals surface area contributed by atoms with Crippen LogP contribution in [0.3, 0.4) is 0 Å². The van der Waals surface area contributed by atoms with E-state index in [-0.39, 0.29) is 37.1 Å². The molecule has 4 aromatic carbocycles. The lowest BCUT2D eigenvalue weighted by Gasteiger charge is -2.30. The third-order valence-corrected chi connectivity index (χ3v) is 10.4. The normalized spacial score (nSPS) is 13.6. The molecule has 0 aliphatic carbocycles. The minimum absolute atomic E-state index is 0.0576. The van der Waals surface area contributed by atoms with Gasteiger partial charge in [0.05, 0.1) is 36.4 Å². The number of aromatic nitrogens is 6. The molecule has 0 aliphatic rings. The maximum absolute atomic E-state index is 12.6. The highest BCUT2D eigenvalue weighted by Gasteiger charge is 2.37. The summed E-state index contributed by atoms with van der Waals surface area (Å²) in [6, 6.07) is 35.9. The monoisotopic (exact) mass is 890 g/mol. The van der Waals surface area contributed by atoms with Gasteiger partial charge in [-0.1, -0.05) is 109 Å². The zero-order valence-electron chi connectivity index (χ0n) is 37.0. The zero-order chi connectivity index (χ0) is 47.2. The van der Waals surface area contributed by atoms with E-state index >= 15 is 0 Å². The number of nitrogens with zero attached hydrogens (tertiary/aromatic N) is 4. The number of rotatable bonds is 21. The fourth-order valence-corrected chi connectivity index (χ4v) is 6.83. The summed E-state index contributed by atoms with van der Waals surface area (Å²) in [5.74, 6) is -3.31. The first-order chi connectivity index (χ1) is 31.2. The molecule has 0 spiro atoms. The number of hydrogen-bond acceptors (Lipinski definition) is 11. The van der Waals surface area contributed by atoms with Gasteiger partial charge >= 0.3 is 17.9 Å². The van der Waals surface area contributed by atoms with E-state index in [1.807, 2.05) is 86.6 Å². The van der Waals surface area contributed by atoms with Gasteiger partial charge < -0.3 is 35.8 Å². The van der Waals surface area contributed by atoms with E-state index in [9.17, 15) is 29.4 Å². The van der Waals surface area contributed by atoms with E-state index in [0.717, 1.165) is 34.0 Å². The highest BCUT2D eigenvalue weighted by molar-refractivity contribution is 5.92. The Morgan fingerprint density at radius 1 is 0.615 bits per heavy atom. The summed E-state index contributed by atoms with van der Waals surface area (Å²) >= 11 is 0. The van der Waals surface area contributed by atoms with Crippen LogP contribution in [-0.4, -0.2) is 108 Å². The number of carbonyl (C=O) groups excluding carboxylic acids is 1. The zero-order valence-corrected chi connectivity index (χ0v) is 37.0. The third kappa shape index (κ3) is 16.2. The van der Waals surface area contributed by atoms with Crippen LogP contribution in [0, 0.1) is 10.8 Å². The molecule has 0 bridgehead atoms. The van der Waals surface area contributed by atoms with E-state index in [4.69, 9.17) is 20.3 Å². The van der Waals surface area contributed by atoms with Crippen LogP contribution in [0.4, 0.5) is 0 Å². The van der Waals surface area contributed by atoms with E-state index in [0.29, 0.717) is 32.5 Å². The van der Waals surface area contributed by atoms with Gasteiger partial charge in [-0.2, -0.15) is 25.7 Å². The van der Waals surface area contributed by atoms with Crippen LogP contribution in [0.25, 0.3) is 22.3 Å². The highest BCUT2D eigenvalue weighted by Crippen LogP contribution is 2.28.